The number of carbonyl (C=O) groups excluding carboxylic acids is 2. The molecule has 1 atom stereocenters. The van der Waals surface area contributed by atoms with Crippen LogP contribution < -0.4 is 10.0 Å². The summed E-state index contributed by atoms with van der Waals surface area (Å²) >= 11 is 0. The first kappa shape index (κ1) is 21.8. The highest BCUT2D eigenvalue weighted by molar-refractivity contribution is 8.24. The number of nitrogens with one attached hydrogen (secondary N) is 2. The van der Waals surface area contributed by atoms with Crippen LogP contribution in [0, 0.1) is 6.92 Å². The molecule has 0 aliphatic rings. The molecule has 0 aliphatic heterocycles. The van der Waals surface area contributed by atoms with Gasteiger partial charge in [-0.1, -0.05) is 18.2 Å². The third-order valence-corrected chi connectivity index (χ3v) is 5.34. The number of Topliss-reactive ketones (excluding diaryl/α,β-unsaturated/α-hetero) is 1. The number of amides is 1. The summed E-state index contributed by atoms with van der Waals surface area (Å²) in [5.74, 6) is -0.323. The second kappa shape index (κ2) is 8.43. The maximum Gasteiger partial charge on any atom is 0.270 e. The van der Waals surface area contributed by atoms with Crippen LogP contribution in [0.3, 0.4) is 0 Å². The molecule has 3 rings (SSSR count). The fraction of sp³-hybridized carbons (Fsp3) is 0.227. The number of anilines is 1. The molecule has 0 fully saturated rings. The Morgan fingerprint density at radius 2 is 1.80 bits per heavy atom. The van der Waals surface area contributed by atoms with Gasteiger partial charge in [0.1, 0.15) is 5.69 Å². The monoisotopic (exact) mass is 427 g/mol. The van der Waals surface area contributed by atoms with E-state index in [-0.39, 0.29) is 17.7 Å². The van der Waals surface area contributed by atoms with Crippen LogP contribution >= 0.6 is 10.8 Å². The summed E-state index contributed by atoms with van der Waals surface area (Å²) in [7, 11) is -2.86. The van der Waals surface area contributed by atoms with E-state index < -0.39 is 10.8 Å². The summed E-state index contributed by atoms with van der Waals surface area (Å²) in [5.41, 5.74) is 3.88. The Morgan fingerprint density at radius 1 is 1.07 bits per heavy atom. The molecule has 3 aromatic rings. The van der Waals surface area contributed by atoms with E-state index >= 15 is 0 Å². The van der Waals surface area contributed by atoms with Crippen molar-refractivity contribution in [2.24, 2.45) is 0 Å². The third-order valence-electron chi connectivity index (χ3n) is 4.73. The molecule has 0 radical (unpaired) electrons. The van der Waals surface area contributed by atoms with E-state index in [4.69, 9.17) is 0 Å². The molecular formula is C22H25N3O4S. The predicted octanol–water partition coefficient (Wildman–Crippen LogP) is 4.94. The number of benzene rings is 2. The van der Waals surface area contributed by atoms with Gasteiger partial charge in [0, 0.05) is 17.2 Å². The fourth-order valence-electron chi connectivity index (χ4n) is 3.10. The Labute approximate surface area is 177 Å². The van der Waals surface area contributed by atoms with Crippen molar-refractivity contribution in [2.75, 3.05) is 11.0 Å². The summed E-state index contributed by atoms with van der Waals surface area (Å²) in [5, 5.41) is 3.73. The first-order valence-electron chi connectivity index (χ1n) is 9.37. The number of rotatable bonds is 6. The van der Waals surface area contributed by atoms with Crippen LogP contribution in [0.2, 0.25) is 0 Å². The Hall–Kier alpha value is -2.94. The molecule has 0 saturated carbocycles. The normalized spacial score (nSPS) is 13.0. The highest BCUT2D eigenvalue weighted by atomic mass is 32.3. The molecule has 0 spiro atoms. The van der Waals surface area contributed by atoms with Gasteiger partial charge in [0.05, 0.1) is 17.2 Å². The Bertz CT molecular complexity index is 1130. The van der Waals surface area contributed by atoms with Gasteiger partial charge in [-0.05, 0) is 62.2 Å². The third kappa shape index (κ3) is 5.15. The van der Waals surface area contributed by atoms with Crippen LogP contribution in [0.1, 0.15) is 51.9 Å². The molecular weight excluding hydrogens is 402 g/mol. The van der Waals surface area contributed by atoms with E-state index in [1.165, 1.54) is 13.2 Å². The zero-order chi connectivity index (χ0) is 22.1. The molecule has 1 heterocycles. The van der Waals surface area contributed by atoms with Gasteiger partial charge in [-0.2, -0.15) is 0 Å². The summed E-state index contributed by atoms with van der Waals surface area (Å²) in [4.78, 5) is 28.6. The van der Waals surface area contributed by atoms with Crippen LogP contribution in [0.15, 0.2) is 48.5 Å². The number of carbonyl (C=O) groups is 2. The number of aryl methyl sites for hydroxylation is 1. The molecule has 4 N–H and O–H groups in total. The standard InChI is InChI=1S/C22H25N3O4S/c1-13-11-16(5-8-19(13)25-30(4,28)29)14(2)23-22(27)21-10-7-18-12-17(15(3)26)6-9-20(18)24-21/h5-12,14,25,28-29H,1-4H3,(H,23,27)/t14-/m1/s1. The van der Waals surface area contributed by atoms with Gasteiger partial charge >= 0.3 is 0 Å². The first-order chi connectivity index (χ1) is 14.0. The second-order valence-corrected chi connectivity index (χ2v) is 9.24. The van der Waals surface area contributed by atoms with Crippen LogP contribution in [0.25, 0.3) is 10.9 Å². The van der Waals surface area contributed by atoms with Crippen LogP contribution in [0.4, 0.5) is 5.69 Å². The van der Waals surface area contributed by atoms with Gasteiger partial charge in [-0.15, -0.1) is 10.8 Å². The average Bonchev–Trinajstić information content (AvgIpc) is 2.67. The van der Waals surface area contributed by atoms with Crippen molar-refractivity contribution in [3.05, 3.63) is 70.9 Å². The Morgan fingerprint density at radius 3 is 2.43 bits per heavy atom. The lowest BCUT2D eigenvalue weighted by molar-refractivity contribution is 0.0934. The number of fused-ring (bicyclic) bond motifs is 1. The molecule has 30 heavy (non-hydrogen) atoms. The summed E-state index contributed by atoms with van der Waals surface area (Å²) in [6.45, 7) is 5.23. The molecule has 0 saturated heterocycles. The van der Waals surface area contributed by atoms with Crippen molar-refractivity contribution < 1.29 is 18.7 Å². The Kier molecular flexibility index (Phi) is 6.12. The highest BCUT2D eigenvalue weighted by Crippen LogP contribution is 2.36. The summed E-state index contributed by atoms with van der Waals surface area (Å²) < 4.78 is 21.9. The molecule has 2 aromatic carbocycles. The van der Waals surface area contributed by atoms with Crippen molar-refractivity contribution in [1.82, 2.24) is 10.3 Å². The van der Waals surface area contributed by atoms with Crippen molar-refractivity contribution in [1.29, 1.82) is 0 Å². The molecule has 158 valence electrons. The SMILES string of the molecule is CC(=O)c1ccc2nc(C(=O)N[C@H](C)c3ccc(NS(C)(O)O)c(C)c3)ccc2c1. The maximum absolute atomic E-state index is 12.7. The number of pyridine rings is 1. The molecule has 0 aliphatic carbocycles. The van der Waals surface area contributed by atoms with Gasteiger partial charge in [0.25, 0.3) is 5.91 Å². The number of nitrogens with zero attached hydrogens (tertiary/aromatic N) is 1. The Balaban J connectivity index is 1.76. The van der Waals surface area contributed by atoms with Crippen LogP contribution in [-0.2, 0) is 0 Å². The topological polar surface area (TPSA) is 112 Å². The fourth-order valence-corrected chi connectivity index (χ4v) is 3.75. The minimum absolute atomic E-state index is 0.0203. The van der Waals surface area contributed by atoms with Crippen molar-refractivity contribution in [3.8, 4) is 0 Å². The van der Waals surface area contributed by atoms with E-state index in [0.29, 0.717) is 22.5 Å². The van der Waals surface area contributed by atoms with Gasteiger partial charge < -0.3 is 5.32 Å². The minimum Gasteiger partial charge on any atom is -0.344 e. The second-order valence-electron chi connectivity index (χ2n) is 7.37. The van der Waals surface area contributed by atoms with Crippen LogP contribution in [0.5, 0.6) is 0 Å². The lowest BCUT2D eigenvalue weighted by Crippen LogP contribution is -2.27. The lowest BCUT2D eigenvalue weighted by atomic mass is 10.0. The van der Waals surface area contributed by atoms with E-state index in [1.807, 2.05) is 26.0 Å². The largest absolute Gasteiger partial charge is 0.344 e. The zero-order valence-electron chi connectivity index (χ0n) is 17.3. The molecule has 0 bridgehead atoms. The quantitative estimate of drug-likeness (QED) is 0.415. The maximum atomic E-state index is 12.7. The summed E-state index contributed by atoms with van der Waals surface area (Å²) in [6, 6.07) is 13.8. The average molecular weight is 428 g/mol. The number of aromatic nitrogens is 1. The first-order valence-corrected chi connectivity index (χ1v) is 11.3. The van der Waals surface area contributed by atoms with E-state index in [9.17, 15) is 18.7 Å². The number of hydrogen-bond acceptors (Lipinski definition) is 6. The van der Waals surface area contributed by atoms with Gasteiger partial charge in [-0.3, -0.25) is 23.4 Å². The highest BCUT2D eigenvalue weighted by Gasteiger charge is 2.15. The number of hydrogen-bond donors (Lipinski definition) is 4. The van der Waals surface area contributed by atoms with Crippen LogP contribution in [-0.4, -0.2) is 32.0 Å². The summed E-state index contributed by atoms with van der Waals surface area (Å²) in [6.07, 6.45) is 1.32. The molecule has 1 amide bonds. The van der Waals surface area contributed by atoms with Crippen molar-refractivity contribution in [3.63, 3.8) is 0 Å². The molecule has 7 nitrogen and oxygen atoms in total. The smallest absolute Gasteiger partial charge is 0.270 e. The van der Waals surface area contributed by atoms with Gasteiger partial charge in [-0.25, -0.2) is 4.98 Å². The lowest BCUT2D eigenvalue weighted by Gasteiger charge is -2.29. The van der Waals surface area contributed by atoms with Gasteiger partial charge in [0.2, 0.25) is 0 Å². The van der Waals surface area contributed by atoms with Crippen molar-refractivity contribution >= 4 is 39.1 Å². The van der Waals surface area contributed by atoms with E-state index in [0.717, 1.165) is 16.5 Å². The zero-order valence-corrected chi connectivity index (χ0v) is 18.1. The predicted molar refractivity (Wildman–Crippen MR) is 121 cm³/mol. The molecule has 8 heteroatoms. The molecule has 0 unspecified atom stereocenters. The number of ketones is 1. The minimum atomic E-state index is -2.86. The van der Waals surface area contributed by atoms with Gasteiger partial charge in [0.15, 0.2) is 5.78 Å². The van der Waals surface area contributed by atoms with E-state index in [2.05, 4.69) is 15.0 Å². The molecule has 1 aromatic heterocycles. The van der Waals surface area contributed by atoms with E-state index in [1.54, 1.807) is 36.4 Å². The van der Waals surface area contributed by atoms with Crippen molar-refractivity contribution in [2.45, 2.75) is 26.8 Å².